The number of benzene rings is 2. The third kappa shape index (κ3) is 5.48. The number of urea groups is 1. The molecule has 1 fully saturated rings. The van der Waals surface area contributed by atoms with Crippen LogP contribution in [-0.2, 0) is 11.3 Å². The van der Waals surface area contributed by atoms with Gasteiger partial charge in [0.05, 0.1) is 18.9 Å². The monoisotopic (exact) mass is 463 g/mol. The van der Waals surface area contributed by atoms with Crippen LogP contribution in [0.3, 0.4) is 0 Å². The summed E-state index contributed by atoms with van der Waals surface area (Å²) in [6.07, 6.45) is 1.69. The zero-order chi connectivity index (χ0) is 24.1. The predicted octanol–water partition coefficient (Wildman–Crippen LogP) is 3.65. The van der Waals surface area contributed by atoms with Gasteiger partial charge in [0.15, 0.2) is 11.7 Å². The van der Waals surface area contributed by atoms with E-state index in [4.69, 9.17) is 9.15 Å². The fourth-order valence-corrected chi connectivity index (χ4v) is 3.99. The standard InChI is InChI=1S/C25H29N5O4/c1-17(31)28-20-6-4-5-19(13-20)15-27-25(32)30-11-9-29(10-12-30)21-7-8-22(23(14-21)33-3)24-16-26-18(2)34-24/h4-8,13-14,16H,9-12,15H2,1-3H3,(H,27,32)(H,28,31). The summed E-state index contributed by atoms with van der Waals surface area (Å²) in [7, 11) is 1.64. The Morgan fingerprint density at radius 1 is 1.12 bits per heavy atom. The molecule has 1 aromatic heterocycles. The van der Waals surface area contributed by atoms with Gasteiger partial charge in [-0.25, -0.2) is 9.78 Å². The summed E-state index contributed by atoms with van der Waals surface area (Å²) in [5.41, 5.74) is 3.53. The van der Waals surface area contributed by atoms with Crippen LogP contribution in [-0.4, -0.2) is 55.1 Å². The van der Waals surface area contributed by atoms with E-state index in [0.29, 0.717) is 37.0 Å². The molecule has 34 heavy (non-hydrogen) atoms. The van der Waals surface area contributed by atoms with Gasteiger partial charge in [0.1, 0.15) is 5.75 Å². The van der Waals surface area contributed by atoms with Crippen molar-refractivity contribution in [2.24, 2.45) is 0 Å². The minimum atomic E-state index is -0.126. The van der Waals surface area contributed by atoms with Gasteiger partial charge in [-0.3, -0.25) is 4.79 Å². The molecule has 178 valence electrons. The van der Waals surface area contributed by atoms with Crippen LogP contribution < -0.4 is 20.3 Å². The third-order valence-electron chi connectivity index (χ3n) is 5.69. The van der Waals surface area contributed by atoms with Crippen LogP contribution in [0, 0.1) is 6.92 Å². The molecule has 1 aliphatic heterocycles. The van der Waals surface area contributed by atoms with Crippen LogP contribution in [0.25, 0.3) is 11.3 Å². The molecule has 0 saturated carbocycles. The Kier molecular flexibility index (Phi) is 7.01. The van der Waals surface area contributed by atoms with Gasteiger partial charge in [-0.1, -0.05) is 12.1 Å². The molecule has 0 aliphatic carbocycles. The van der Waals surface area contributed by atoms with E-state index in [-0.39, 0.29) is 11.9 Å². The first kappa shape index (κ1) is 23.2. The van der Waals surface area contributed by atoms with Crippen molar-refractivity contribution in [3.63, 3.8) is 0 Å². The Bertz CT molecular complexity index is 1170. The molecular weight excluding hydrogens is 434 g/mol. The molecule has 1 aliphatic rings. The molecule has 2 heterocycles. The lowest BCUT2D eigenvalue weighted by molar-refractivity contribution is -0.114. The van der Waals surface area contributed by atoms with Crippen molar-refractivity contribution in [2.75, 3.05) is 43.5 Å². The van der Waals surface area contributed by atoms with Crippen molar-refractivity contribution in [2.45, 2.75) is 20.4 Å². The lowest BCUT2D eigenvalue weighted by Gasteiger charge is -2.36. The van der Waals surface area contributed by atoms with Crippen molar-refractivity contribution in [1.82, 2.24) is 15.2 Å². The van der Waals surface area contributed by atoms with Crippen molar-refractivity contribution >= 4 is 23.3 Å². The number of aryl methyl sites for hydroxylation is 1. The third-order valence-corrected chi connectivity index (χ3v) is 5.69. The van der Waals surface area contributed by atoms with E-state index in [9.17, 15) is 9.59 Å². The normalized spacial score (nSPS) is 13.5. The van der Waals surface area contributed by atoms with Crippen LogP contribution in [0.2, 0.25) is 0 Å². The van der Waals surface area contributed by atoms with Gasteiger partial charge in [-0.2, -0.15) is 0 Å². The van der Waals surface area contributed by atoms with Gasteiger partial charge in [0, 0.05) is 64.0 Å². The number of methoxy groups -OCH3 is 1. The number of carbonyl (C=O) groups is 2. The smallest absolute Gasteiger partial charge is 0.317 e. The van der Waals surface area contributed by atoms with Gasteiger partial charge in [-0.05, 0) is 29.8 Å². The van der Waals surface area contributed by atoms with E-state index in [1.54, 1.807) is 13.3 Å². The maximum Gasteiger partial charge on any atom is 0.317 e. The number of carbonyl (C=O) groups excluding carboxylic acids is 2. The largest absolute Gasteiger partial charge is 0.496 e. The summed E-state index contributed by atoms with van der Waals surface area (Å²) in [4.78, 5) is 32.1. The molecule has 3 aromatic rings. The topological polar surface area (TPSA) is 99.9 Å². The summed E-state index contributed by atoms with van der Waals surface area (Å²) in [5.74, 6) is 1.87. The predicted molar refractivity (Wildman–Crippen MR) is 130 cm³/mol. The lowest BCUT2D eigenvalue weighted by Crippen LogP contribution is -2.51. The van der Waals surface area contributed by atoms with E-state index < -0.39 is 0 Å². The fourth-order valence-electron chi connectivity index (χ4n) is 3.99. The molecule has 0 spiro atoms. The van der Waals surface area contributed by atoms with Gasteiger partial charge in [0.2, 0.25) is 5.91 Å². The van der Waals surface area contributed by atoms with Crippen LogP contribution in [0.5, 0.6) is 5.75 Å². The number of anilines is 2. The van der Waals surface area contributed by atoms with Gasteiger partial charge in [-0.15, -0.1) is 0 Å². The van der Waals surface area contributed by atoms with Crippen LogP contribution in [0.1, 0.15) is 18.4 Å². The maximum atomic E-state index is 12.7. The molecule has 0 atom stereocenters. The summed E-state index contributed by atoms with van der Waals surface area (Å²) >= 11 is 0. The second-order valence-corrected chi connectivity index (χ2v) is 8.14. The Morgan fingerprint density at radius 3 is 2.59 bits per heavy atom. The molecule has 0 unspecified atom stereocenters. The molecule has 2 aromatic carbocycles. The Morgan fingerprint density at radius 2 is 1.91 bits per heavy atom. The average molecular weight is 464 g/mol. The second kappa shape index (κ2) is 10.3. The van der Waals surface area contributed by atoms with Crippen molar-refractivity contribution in [3.05, 3.63) is 60.1 Å². The first-order valence-corrected chi connectivity index (χ1v) is 11.2. The summed E-state index contributed by atoms with van der Waals surface area (Å²) < 4.78 is 11.2. The number of ether oxygens (including phenoxy) is 1. The van der Waals surface area contributed by atoms with Gasteiger partial charge >= 0.3 is 6.03 Å². The quantitative estimate of drug-likeness (QED) is 0.579. The van der Waals surface area contributed by atoms with E-state index in [0.717, 1.165) is 35.7 Å². The number of hydrogen-bond acceptors (Lipinski definition) is 6. The molecular formula is C25H29N5O4. The summed E-state index contributed by atoms with van der Waals surface area (Å²) in [6, 6.07) is 13.4. The molecule has 2 N–H and O–H groups in total. The molecule has 4 rings (SSSR count). The lowest BCUT2D eigenvalue weighted by atomic mass is 10.1. The molecule has 1 saturated heterocycles. The second-order valence-electron chi connectivity index (χ2n) is 8.14. The summed E-state index contributed by atoms with van der Waals surface area (Å²) in [6.45, 7) is 6.34. The first-order valence-electron chi connectivity index (χ1n) is 11.2. The first-order chi connectivity index (χ1) is 16.4. The Labute approximate surface area is 198 Å². The highest BCUT2D eigenvalue weighted by atomic mass is 16.5. The average Bonchev–Trinajstić information content (AvgIpc) is 3.28. The number of oxazole rings is 1. The van der Waals surface area contributed by atoms with Crippen molar-refractivity contribution in [1.29, 1.82) is 0 Å². The number of nitrogens with zero attached hydrogens (tertiary/aromatic N) is 3. The van der Waals surface area contributed by atoms with E-state index in [1.165, 1.54) is 6.92 Å². The highest BCUT2D eigenvalue weighted by Crippen LogP contribution is 2.34. The van der Waals surface area contributed by atoms with E-state index in [1.807, 2.05) is 54.3 Å². The highest BCUT2D eigenvalue weighted by Gasteiger charge is 2.22. The zero-order valence-electron chi connectivity index (χ0n) is 19.6. The van der Waals surface area contributed by atoms with E-state index in [2.05, 4.69) is 20.5 Å². The SMILES string of the molecule is COc1cc(N2CCN(C(=O)NCc3cccc(NC(C)=O)c3)CC2)ccc1-c1cnc(C)o1. The minimum Gasteiger partial charge on any atom is -0.496 e. The van der Waals surface area contributed by atoms with Gasteiger partial charge < -0.3 is 29.6 Å². The number of rotatable bonds is 6. The fraction of sp³-hybridized carbons (Fsp3) is 0.320. The van der Waals surface area contributed by atoms with Crippen LogP contribution in [0.15, 0.2) is 53.1 Å². The number of amides is 3. The molecule has 9 nitrogen and oxygen atoms in total. The van der Waals surface area contributed by atoms with Crippen molar-refractivity contribution < 1.29 is 18.7 Å². The minimum absolute atomic E-state index is 0.0989. The maximum absolute atomic E-state index is 12.7. The van der Waals surface area contributed by atoms with Gasteiger partial charge in [0.25, 0.3) is 0 Å². The number of aromatic nitrogens is 1. The number of nitrogens with one attached hydrogen (secondary N) is 2. The van der Waals surface area contributed by atoms with Crippen molar-refractivity contribution in [3.8, 4) is 17.1 Å². The Hall–Kier alpha value is -4.01. The Balaban J connectivity index is 1.32. The summed E-state index contributed by atoms with van der Waals surface area (Å²) in [5, 5.41) is 5.72. The molecule has 0 radical (unpaired) electrons. The number of piperazine rings is 1. The van der Waals surface area contributed by atoms with Crippen LogP contribution >= 0.6 is 0 Å². The molecule has 3 amide bonds. The molecule has 9 heteroatoms. The number of hydrogen-bond donors (Lipinski definition) is 2. The van der Waals surface area contributed by atoms with Crippen LogP contribution in [0.4, 0.5) is 16.2 Å². The highest BCUT2D eigenvalue weighted by molar-refractivity contribution is 5.88. The molecule has 0 bridgehead atoms. The zero-order valence-corrected chi connectivity index (χ0v) is 19.6. The van der Waals surface area contributed by atoms with E-state index >= 15 is 0 Å².